The molecule has 0 unspecified atom stereocenters. The number of nitrogens with one attached hydrogen (secondary N) is 2. The highest BCUT2D eigenvalue weighted by molar-refractivity contribution is 5.98. The van der Waals surface area contributed by atoms with E-state index in [4.69, 9.17) is 0 Å². The molecule has 1 fully saturated rings. The van der Waals surface area contributed by atoms with Crippen LogP contribution in [0.25, 0.3) is 10.8 Å². The second-order valence-corrected chi connectivity index (χ2v) is 5.47. The van der Waals surface area contributed by atoms with E-state index < -0.39 is 0 Å². The van der Waals surface area contributed by atoms with Gasteiger partial charge >= 0.3 is 0 Å². The van der Waals surface area contributed by atoms with Crippen molar-refractivity contribution in [2.45, 2.75) is 12.8 Å². The van der Waals surface area contributed by atoms with Crippen LogP contribution in [0.3, 0.4) is 0 Å². The Morgan fingerprint density at radius 3 is 2.65 bits per heavy atom. The molecule has 0 spiro atoms. The summed E-state index contributed by atoms with van der Waals surface area (Å²) in [7, 11) is 0. The van der Waals surface area contributed by atoms with Gasteiger partial charge in [-0.05, 0) is 54.8 Å². The van der Waals surface area contributed by atoms with E-state index >= 15 is 0 Å². The molecule has 1 aliphatic rings. The normalized spacial score (nSPS) is 16.2. The molecule has 1 amide bonds. The van der Waals surface area contributed by atoms with Crippen molar-refractivity contribution in [3.8, 4) is 0 Å². The molecule has 0 radical (unpaired) electrons. The standard InChI is InChI=1S/C17H20N2O/c20-17(19-12-13-7-9-18-10-8-13)16-6-5-14-3-1-2-4-15(14)11-16/h1-6,11,13,18H,7-10,12H2,(H,19,20). The molecule has 2 aromatic rings. The molecule has 0 aromatic heterocycles. The SMILES string of the molecule is O=C(NCC1CCNCC1)c1ccc2ccccc2c1. The number of piperidine rings is 1. The maximum atomic E-state index is 12.2. The summed E-state index contributed by atoms with van der Waals surface area (Å²) in [6.07, 6.45) is 2.30. The summed E-state index contributed by atoms with van der Waals surface area (Å²) in [5.41, 5.74) is 0.748. The van der Waals surface area contributed by atoms with Gasteiger partial charge in [0.2, 0.25) is 0 Å². The fourth-order valence-electron chi connectivity index (χ4n) is 2.76. The Balaban J connectivity index is 1.65. The van der Waals surface area contributed by atoms with E-state index in [1.807, 2.05) is 36.4 Å². The molecule has 0 aliphatic carbocycles. The minimum absolute atomic E-state index is 0.0364. The fraction of sp³-hybridized carbons (Fsp3) is 0.353. The van der Waals surface area contributed by atoms with Gasteiger partial charge in [-0.1, -0.05) is 30.3 Å². The first-order chi connectivity index (χ1) is 9.83. The van der Waals surface area contributed by atoms with Crippen LogP contribution in [0.2, 0.25) is 0 Å². The summed E-state index contributed by atoms with van der Waals surface area (Å²) >= 11 is 0. The summed E-state index contributed by atoms with van der Waals surface area (Å²) in [5, 5.41) is 8.69. The Kier molecular flexibility index (Phi) is 3.97. The van der Waals surface area contributed by atoms with E-state index in [2.05, 4.69) is 16.7 Å². The fourth-order valence-corrected chi connectivity index (χ4v) is 2.76. The van der Waals surface area contributed by atoms with Crippen molar-refractivity contribution in [1.29, 1.82) is 0 Å². The lowest BCUT2D eigenvalue weighted by Crippen LogP contribution is -2.35. The Labute approximate surface area is 119 Å². The Morgan fingerprint density at radius 2 is 1.85 bits per heavy atom. The van der Waals surface area contributed by atoms with Gasteiger partial charge in [0.25, 0.3) is 5.91 Å². The zero-order chi connectivity index (χ0) is 13.8. The molecule has 3 heteroatoms. The minimum Gasteiger partial charge on any atom is -0.352 e. The zero-order valence-electron chi connectivity index (χ0n) is 11.6. The zero-order valence-corrected chi connectivity index (χ0v) is 11.6. The Bertz CT molecular complexity index is 603. The molecule has 1 heterocycles. The highest BCUT2D eigenvalue weighted by Crippen LogP contribution is 2.16. The van der Waals surface area contributed by atoms with E-state index in [1.54, 1.807) is 0 Å². The monoisotopic (exact) mass is 268 g/mol. The van der Waals surface area contributed by atoms with Crippen LogP contribution in [0, 0.1) is 5.92 Å². The van der Waals surface area contributed by atoms with E-state index in [1.165, 1.54) is 5.39 Å². The number of benzene rings is 2. The van der Waals surface area contributed by atoms with Crippen molar-refractivity contribution in [3.63, 3.8) is 0 Å². The van der Waals surface area contributed by atoms with Crippen LogP contribution in [0.5, 0.6) is 0 Å². The maximum Gasteiger partial charge on any atom is 0.251 e. The molecule has 104 valence electrons. The summed E-state index contributed by atoms with van der Waals surface area (Å²) in [6.45, 7) is 2.92. The number of fused-ring (bicyclic) bond motifs is 1. The number of amides is 1. The molecule has 0 atom stereocenters. The first-order valence-corrected chi connectivity index (χ1v) is 7.30. The van der Waals surface area contributed by atoms with Crippen LogP contribution >= 0.6 is 0 Å². The molecular weight excluding hydrogens is 248 g/mol. The van der Waals surface area contributed by atoms with Gasteiger partial charge in [0.1, 0.15) is 0 Å². The molecule has 2 N–H and O–H groups in total. The largest absolute Gasteiger partial charge is 0.352 e. The molecule has 3 nitrogen and oxygen atoms in total. The van der Waals surface area contributed by atoms with Gasteiger partial charge < -0.3 is 10.6 Å². The van der Waals surface area contributed by atoms with Gasteiger partial charge in [0.15, 0.2) is 0 Å². The van der Waals surface area contributed by atoms with Crippen molar-refractivity contribution in [1.82, 2.24) is 10.6 Å². The van der Waals surface area contributed by atoms with Crippen LogP contribution in [-0.2, 0) is 0 Å². The Morgan fingerprint density at radius 1 is 1.10 bits per heavy atom. The molecule has 0 bridgehead atoms. The first-order valence-electron chi connectivity index (χ1n) is 7.30. The summed E-state index contributed by atoms with van der Waals surface area (Å²) in [6, 6.07) is 14.0. The van der Waals surface area contributed by atoms with Crippen molar-refractivity contribution in [2.24, 2.45) is 5.92 Å². The number of carbonyl (C=O) groups is 1. The quantitative estimate of drug-likeness (QED) is 0.898. The Hall–Kier alpha value is -1.87. The van der Waals surface area contributed by atoms with Crippen LogP contribution in [-0.4, -0.2) is 25.5 Å². The van der Waals surface area contributed by atoms with Crippen molar-refractivity contribution < 1.29 is 4.79 Å². The third-order valence-electron chi connectivity index (χ3n) is 4.02. The average Bonchev–Trinajstić information content (AvgIpc) is 2.53. The number of hydrogen-bond acceptors (Lipinski definition) is 2. The van der Waals surface area contributed by atoms with Gasteiger partial charge in [0, 0.05) is 12.1 Å². The number of hydrogen-bond donors (Lipinski definition) is 2. The topological polar surface area (TPSA) is 41.1 Å². The minimum atomic E-state index is 0.0364. The van der Waals surface area contributed by atoms with Crippen molar-refractivity contribution in [2.75, 3.05) is 19.6 Å². The van der Waals surface area contributed by atoms with Gasteiger partial charge in [0.05, 0.1) is 0 Å². The van der Waals surface area contributed by atoms with Crippen molar-refractivity contribution in [3.05, 3.63) is 48.0 Å². The second-order valence-electron chi connectivity index (χ2n) is 5.47. The predicted octanol–water partition coefficient (Wildman–Crippen LogP) is 2.57. The van der Waals surface area contributed by atoms with Crippen LogP contribution in [0.4, 0.5) is 0 Å². The lowest BCUT2D eigenvalue weighted by molar-refractivity contribution is 0.0944. The highest BCUT2D eigenvalue weighted by atomic mass is 16.1. The van der Waals surface area contributed by atoms with Gasteiger partial charge in [-0.15, -0.1) is 0 Å². The number of rotatable bonds is 3. The lowest BCUT2D eigenvalue weighted by Gasteiger charge is -2.22. The van der Waals surface area contributed by atoms with E-state index in [0.29, 0.717) is 5.92 Å². The molecular formula is C17H20N2O. The summed E-state index contributed by atoms with van der Waals surface area (Å²) in [5.74, 6) is 0.648. The van der Waals surface area contributed by atoms with E-state index in [9.17, 15) is 4.79 Å². The van der Waals surface area contributed by atoms with Gasteiger partial charge in [-0.25, -0.2) is 0 Å². The van der Waals surface area contributed by atoms with Crippen LogP contribution in [0.1, 0.15) is 23.2 Å². The molecule has 3 rings (SSSR count). The highest BCUT2D eigenvalue weighted by Gasteiger charge is 2.14. The molecule has 0 saturated carbocycles. The second kappa shape index (κ2) is 6.06. The maximum absolute atomic E-state index is 12.2. The van der Waals surface area contributed by atoms with Gasteiger partial charge in [-0.2, -0.15) is 0 Å². The molecule has 1 saturated heterocycles. The molecule has 2 aromatic carbocycles. The molecule has 20 heavy (non-hydrogen) atoms. The third kappa shape index (κ3) is 2.99. The van der Waals surface area contributed by atoms with Crippen LogP contribution in [0.15, 0.2) is 42.5 Å². The summed E-state index contributed by atoms with van der Waals surface area (Å²) < 4.78 is 0. The van der Waals surface area contributed by atoms with Crippen LogP contribution < -0.4 is 10.6 Å². The molecule has 1 aliphatic heterocycles. The van der Waals surface area contributed by atoms with Crippen molar-refractivity contribution >= 4 is 16.7 Å². The predicted molar refractivity (Wildman–Crippen MR) is 81.9 cm³/mol. The average molecular weight is 268 g/mol. The van der Waals surface area contributed by atoms with E-state index in [0.717, 1.165) is 43.4 Å². The number of carbonyl (C=O) groups excluding carboxylic acids is 1. The van der Waals surface area contributed by atoms with E-state index in [-0.39, 0.29) is 5.91 Å². The lowest BCUT2D eigenvalue weighted by atomic mass is 9.98. The van der Waals surface area contributed by atoms with Gasteiger partial charge in [-0.3, -0.25) is 4.79 Å². The third-order valence-corrected chi connectivity index (χ3v) is 4.02. The summed E-state index contributed by atoms with van der Waals surface area (Å²) in [4.78, 5) is 12.2. The first kappa shape index (κ1) is 13.1. The smallest absolute Gasteiger partial charge is 0.251 e.